The third kappa shape index (κ3) is 10.3. The predicted octanol–water partition coefficient (Wildman–Crippen LogP) is 4.42. The molecule has 2 fully saturated rings. The number of methoxy groups -OCH3 is 1. The molecular formula is C44H49ClN6O10S. The molecule has 0 spiro atoms. The Morgan fingerprint density at radius 3 is 2.32 bits per heavy atom. The van der Waals surface area contributed by atoms with E-state index in [0.717, 1.165) is 5.56 Å². The highest BCUT2D eigenvalue weighted by atomic mass is 35.5. The lowest BCUT2D eigenvalue weighted by atomic mass is 10.1. The van der Waals surface area contributed by atoms with E-state index in [9.17, 15) is 32.4 Å². The molecule has 0 bridgehead atoms. The second-order valence-electron chi connectivity index (χ2n) is 16.1. The van der Waals surface area contributed by atoms with E-state index in [2.05, 4.69) is 21.9 Å². The molecule has 1 aliphatic heterocycles. The van der Waals surface area contributed by atoms with Gasteiger partial charge in [-0.25, -0.2) is 22.9 Å². The Bertz CT molecular complexity index is 2470. The van der Waals surface area contributed by atoms with E-state index in [1.54, 1.807) is 51.1 Å². The molecule has 2 heterocycles. The largest absolute Gasteiger partial charge is 0.497 e. The number of sulfonamides is 1. The van der Waals surface area contributed by atoms with Crippen molar-refractivity contribution in [1.29, 1.82) is 0 Å². The van der Waals surface area contributed by atoms with Gasteiger partial charge in [0.1, 0.15) is 46.7 Å². The quantitative estimate of drug-likeness (QED) is 0.113. The first-order valence-corrected chi connectivity index (χ1v) is 21.8. The molecule has 1 aromatic heterocycles. The summed E-state index contributed by atoms with van der Waals surface area (Å²) in [7, 11) is -1.39. The molecule has 5 amide bonds. The number of hydrogen-bond acceptors (Lipinski definition) is 11. The first-order chi connectivity index (χ1) is 29.4. The normalized spacial score (nSPS) is 20.0. The fourth-order valence-corrected chi connectivity index (χ4v) is 8.50. The number of nitrogens with zero attached hydrogens (tertiary/aromatic N) is 3. The number of amides is 5. The maximum absolute atomic E-state index is 14.8. The van der Waals surface area contributed by atoms with Gasteiger partial charge in [0.25, 0.3) is 15.9 Å². The van der Waals surface area contributed by atoms with Crippen molar-refractivity contribution in [1.82, 2.24) is 30.1 Å². The number of halogens is 1. The minimum absolute atomic E-state index is 0.0296. The van der Waals surface area contributed by atoms with Crippen molar-refractivity contribution < 1.29 is 46.6 Å². The van der Waals surface area contributed by atoms with E-state index in [0.29, 0.717) is 28.1 Å². The van der Waals surface area contributed by atoms with Crippen LogP contribution in [0.5, 0.6) is 11.5 Å². The van der Waals surface area contributed by atoms with Crippen molar-refractivity contribution in [3.8, 4) is 22.8 Å². The van der Waals surface area contributed by atoms with E-state index in [4.69, 9.17) is 30.8 Å². The van der Waals surface area contributed by atoms with Crippen LogP contribution in [0.2, 0.25) is 0 Å². The minimum Gasteiger partial charge on any atom is -0.497 e. The summed E-state index contributed by atoms with van der Waals surface area (Å²) in [5, 5.41) is 5.92. The smallest absolute Gasteiger partial charge is 0.408 e. The number of fused-ring (bicyclic) bond motifs is 1. The van der Waals surface area contributed by atoms with E-state index >= 15 is 0 Å². The number of likely N-dealkylation sites (N-methyl/N-ethyl adjacent to an activating group) is 1. The predicted molar refractivity (Wildman–Crippen MR) is 231 cm³/mol. The van der Waals surface area contributed by atoms with Crippen LogP contribution in [0.4, 0.5) is 4.79 Å². The Labute approximate surface area is 365 Å². The monoisotopic (exact) mass is 888 g/mol. The zero-order valence-electron chi connectivity index (χ0n) is 34.9. The molecule has 1 saturated heterocycles. The molecule has 62 heavy (non-hydrogen) atoms. The minimum atomic E-state index is -4.34. The van der Waals surface area contributed by atoms with Gasteiger partial charge in [-0.05, 0) is 51.5 Å². The first kappa shape index (κ1) is 45.3. The van der Waals surface area contributed by atoms with Gasteiger partial charge in [-0.2, -0.15) is 0 Å². The van der Waals surface area contributed by atoms with Crippen LogP contribution < -0.4 is 24.8 Å². The van der Waals surface area contributed by atoms with Crippen LogP contribution in [0.15, 0.2) is 102 Å². The van der Waals surface area contributed by atoms with Gasteiger partial charge >= 0.3 is 6.09 Å². The number of benzene rings is 3. The van der Waals surface area contributed by atoms with E-state index < -0.39 is 80.9 Å². The summed E-state index contributed by atoms with van der Waals surface area (Å²) in [6.07, 6.45) is -0.441. The van der Waals surface area contributed by atoms with Crippen LogP contribution in [-0.2, 0) is 33.9 Å². The van der Waals surface area contributed by atoms with Crippen LogP contribution in [0.1, 0.15) is 33.6 Å². The Morgan fingerprint density at radius 2 is 1.71 bits per heavy atom. The van der Waals surface area contributed by atoms with E-state index in [1.807, 2.05) is 30.3 Å². The molecule has 16 nitrogen and oxygen atoms in total. The highest BCUT2D eigenvalue weighted by Crippen LogP contribution is 2.45. The topological polar surface area (TPSA) is 203 Å². The van der Waals surface area contributed by atoms with Crippen molar-refractivity contribution in [3.63, 3.8) is 0 Å². The number of rotatable bonds is 15. The van der Waals surface area contributed by atoms with Gasteiger partial charge in [-0.1, -0.05) is 54.6 Å². The highest BCUT2D eigenvalue weighted by molar-refractivity contribution is 7.90. The summed E-state index contributed by atoms with van der Waals surface area (Å²) in [5.74, 6) is -3.19. The van der Waals surface area contributed by atoms with Crippen molar-refractivity contribution >= 4 is 62.2 Å². The van der Waals surface area contributed by atoms with Gasteiger partial charge in [0, 0.05) is 49.0 Å². The van der Waals surface area contributed by atoms with Gasteiger partial charge < -0.3 is 34.6 Å². The van der Waals surface area contributed by atoms with Gasteiger partial charge in [-0.15, -0.1) is 18.2 Å². The molecule has 2 aliphatic rings. The van der Waals surface area contributed by atoms with Crippen LogP contribution in [0.25, 0.3) is 22.2 Å². The van der Waals surface area contributed by atoms with Crippen LogP contribution in [0, 0.1) is 5.92 Å². The van der Waals surface area contributed by atoms with Gasteiger partial charge in [0.15, 0.2) is 0 Å². The molecule has 3 N–H and O–H groups in total. The molecular weight excluding hydrogens is 840 g/mol. The number of carbonyl (C=O) groups excluding carboxylic acids is 5. The number of hydrogen-bond donors (Lipinski definition) is 3. The molecule has 18 heteroatoms. The first-order valence-electron chi connectivity index (χ1n) is 19.8. The summed E-state index contributed by atoms with van der Waals surface area (Å²) < 4.78 is 46.1. The lowest BCUT2D eigenvalue weighted by Crippen LogP contribution is -2.59. The zero-order chi connectivity index (χ0) is 45.0. The van der Waals surface area contributed by atoms with Crippen molar-refractivity contribution in [3.05, 3.63) is 97.6 Å². The maximum atomic E-state index is 14.8. The maximum Gasteiger partial charge on any atom is 0.408 e. The molecule has 328 valence electrons. The molecule has 6 rings (SSSR count). The molecule has 4 aromatic rings. The molecule has 3 aromatic carbocycles. The van der Waals surface area contributed by atoms with Gasteiger partial charge in [-0.3, -0.25) is 19.2 Å². The van der Waals surface area contributed by atoms with Crippen LogP contribution in [0.3, 0.4) is 0 Å². The van der Waals surface area contributed by atoms with Crippen molar-refractivity contribution in [2.45, 2.75) is 67.8 Å². The van der Waals surface area contributed by atoms with Crippen LogP contribution in [-0.4, -0.2) is 115 Å². The SMILES string of the molecule is C=C[C@@H]1C[C@]1(NC(=O)[C@@H]1C[C@@H](Oc2cc(-c3ccccc3)nc3cc(OC)ccc23)CN1C(=O)[C@H](CN(C)C(=O)CCl)NC(=O)OC(C)(C)C)C(=O)NS(=O)(=O)c1ccccc1. The molecule has 5 atom stereocenters. The molecule has 0 radical (unpaired) electrons. The van der Waals surface area contributed by atoms with Gasteiger partial charge in [0.2, 0.25) is 17.7 Å². The number of pyridine rings is 1. The highest BCUT2D eigenvalue weighted by Gasteiger charge is 2.61. The lowest BCUT2D eigenvalue weighted by Gasteiger charge is -2.32. The fourth-order valence-electron chi connectivity index (χ4n) is 7.23. The van der Waals surface area contributed by atoms with Crippen molar-refractivity contribution in [2.75, 3.05) is 33.1 Å². The Morgan fingerprint density at radius 1 is 1.03 bits per heavy atom. The number of carbonyl (C=O) groups is 5. The Hall–Kier alpha value is -6.20. The number of alkyl halides is 1. The summed E-state index contributed by atoms with van der Waals surface area (Å²) in [4.78, 5) is 76.1. The summed E-state index contributed by atoms with van der Waals surface area (Å²) in [5.41, 5.74) is -0.737. The second-order valence-corrected chi connectivity index (χ2v) is 18.0. The van der Waals surface area contributed by atoms with E-state index in [1.165, 1.54) is 54.3 Å². The summed E-state index contributed by atoms with van der Waals surface area (Å²) in [6.45, 7) is 8.17. The van der Waals surface area contributed by atoms with Crippen molar-refractivity contribution in [2.24, 2.45) is 5.92 Å². The zero-order valence-corrected chi connectivity index (χ0v) is 36.5. The molecule has 0 unspecified atom stereocenters. The number of alkyl carbamates (subject to hydrolysis) is 1. The number of aromatic nitrogens is 1. The Kier molecular flexibility index (Phi) is 13.5. The van der Waals surface area contributed by atoms with Gasteiger partial charge in [0.05, 0.1) is 29.8 Å². The fraction of sp³-hybridized carbons (Fsp3) is 0.364. The number of likely N-dealkylation sites (tertiary alicyclic amines) is 1. The average Bonchev–Trinajstić information content (AvgIpc) is 3.81. The number of nitrogens with one attached hydrogen (secondary N) is 3. The average molecular weight is 889 g/mol. The summed E-state index contributed by atoms with van der Waals surface area (Å²) in [6, 6.07) is 21.0. The lowest BCUT2D eigenvalue weighted by molar-refractivity contribution is -0.142. The van der Waals surface area contributed by atoms with E-state index in [-0.39, 0.29) is 30.8 Å². The third-order valence-corrected chi connectivity index (χ3v) is 12.1. The Balaban J connectivity index is 1.36. The molecule has 1 saturated carbocycles. The third-order valence-electron chi connectivity index (χ3n) is 10.5. The summed E-state index contributed by atoms with van der Waals surface area (Å²) >= 11 is 5.83. The number of ether oxygens (including phenoxy) is 3. The standard InChI is InChI=1S/C44H49ClN6O10S/c1-7-28-23-44(28,41(55)49-62(57,58)31-16-12-9-13-17-31)48-39(53)36-21-30(25-51(36)40(54)35(26-50(5)38(52)24-45)47-42(56)61-43(2,3)4)60-37-22-33(27-14-10-8-11-15-27)46-34-20-29(59-6)18-19-32(34)37/h7-20,22,28,30,35-36H,1,21,23-26H2,2-6H3,(H,47,56)(H,48,53)(H,49,55)/t28-,30-,35+,36+,44-/m1/s1. The second kappa shape index (κ2) is 18.4. The van der Waals surface area contributed by atoms with Crippen LogP contribution >= 0.6 is 11.6 Å². The molecule has 1 aliphatic carbocycles.